The number of hydrogen-bond acceptors (Lipinski definition) is 1. The van der Waals surface area contributed by atoms with Crippen LogP contribution in [0.2, 0.25) is 0 Å². The van der Waals surface area contributed by atoms with Crippen LogP contribution in [0.3, 0.4) is 0 Å². The molecule has 0 N–H and O–H groups in total. The van der Waals surface area contributed by atoms with Crippen molar-refractivity contribution in [2.75, 3.05) is 0 Å². The molecule has 0 aromatic heterocycles. The SMILES string of the molecule is C/C=C(CCCCCC(C)C)/C(=C/CC(C)c1ccccc1C)N=C(C)CC. The first-order valence-electron chi connectivity index (χ1n) is 11.3. The van der Waals surface area contributed by atoms with Gasteiger partial charge in [0.1, 0.15) is 0 Å². The van der Waals surface area contributed by atoms with Gasteiger partial charge < -0.3 is 0 Å². The fraction of sp³-hybridized carbons (Fsp3) is 0.593. The number of unbranched alkanes of at least 4 members (excludes halogenated alkanes) is 2. The predicted molar refractivity (Wildman–Crippen MR) is 127 cm³/mol. The van der Waals surface area contributed by atoms with Crippen molar-refractivity contribution in [2.45, 2.75) is 99.3 Å². The molecule has 0 radical (unpaired) electrons. The van der Waals surface area contributed by atoms with Gasteiger partial charge in [0.25, 0.3) is 0 Å². The molecular formula is C27H43N. The molecule has 0 heterocycles. The molecular weight excluding hydrogens is 338 g/mol. The Morgan fingerprint density at radius 2 is 1.79 bits per heavy atom. The molecule has 0 fully saturated rings. The molecule has 1 atom stereocenters. The molecule has 1 heteroatoms. The van der Waals surface area contributed by atoms with Crippen molar-refractivity contribution in [3.05, 3.63) is 58.8 Å². The Bertz CT molecular complexity index is 661. The number of aryl methyl sites for hydroxylation is 1. The van der Waals surface area contributed by atoms with Crippen molar-refractivity contribution < 1.29 is 0 Å². The summed E-state index contributed by atoms with van der Waals surface area (Å²) in [6, 6.07) is 8.75. The van der Waals surface area contributed by atoms with E-state index in [4.69, 9.17) is 4.99 Å². The van der Waals surface area contributed by atoms with E-state index in [1.807, 2.05) is 0 Å². The third kappa shape index (κ3) is 9.04. The maximum atomic E-state index is 4.99. The molecule has 1 nitrogen and oxygen atoms in total. The summed E-state index contributed by atoms with van der Waals surface area (Å²) >= 11 is 0. The zero-order valence-electron chi connectivity index (χ0n) is 19.5. The van der Waals surface area contributed by atoms with Gasteiger partial charge in [-0.15, -0.1) is 0 Å². The van der Waals surface area contributed by atoms with Crippen molar-refractivity contribution in [2.24, 2.45) is 10.9 Å². The lowest BCUT2D eigenvalue weighted by molar-refractivity contribution is 0.527. The van der Waals surface area contributed by atoms with Gasteiger partial charge >= 0.3 is 0 Å². The van der Waals surface area contributed by atoms with Crippen LogP contribution >= 0.6 is 0 Å². The summed E-state index contributed by atoms with van der Waals surface area (Å²) in [4.78, 5) is 4.99. The first-order chi connectivity index (χ1) is 13.4. The number of hydrogen-bond donors (Lipinski definition) is 0. The van der Waals surface area contributed by atoms with E-state index >= 15 is 0 Å². The van der Waals surface area contributed by atoms with Crippen molar-refractivity contribution in [1.82, 2.24) is 0 Å². The number of aliphatic imine (C=N–C) groups is 1. The molecule has 1 aromatic rings. The molecule has 0 aliphatic carbocycles. The van der Waals surface area contributed by atoms with Crippen LogP contribution in [0, 0.1) is 12.8 Å². The highest BCUT2D eigenvalue weighted by atomic mass is 14.8. The molecule has 1 rings (SSSR count). The molecule has 0 saturated carbocycles. The average molecular weight is 382 g/mol. The molecule has 0 aliphatic heterocycles. The van der Waals surface area contributed by atoms with E-state index in [1.54, 1.807) is 0 Å². The van der Waals surface area contributed by atoms with Crippen molar-refractivity contribution >= 4 is 5.71 Å². The standard InChI is InChI=1S/C27H43N/c1-8-24(7)28-27(25(9-2)17-12-10-11-15-21(3)4)20-19-23(6)26-18-14-13-16-22(26)5/h9,13-14,16,18,20-21,23H,8,10-12,15,17,19H2,1-7H3/b25-9+,27-20-,28-24?. The van der Waals surface area contributed by atoms with Gasteiger partial charge in [-0.05, 0) is 75.0 Å². The van der Waals surface area contributed by atoms with Gasteiger partial charge in [-0.3, -0.25) is 4.99 Å². The lowest BCUT2D eigenvalue weighted by Gasteiger charge is -2.15. The van der Waals surface area contributed by atoms with Crippen LogP contribution in [0.5, 0.6) is 0 Å². The van der Waals surface area contributed by atoms with Gasteiger partial charge in [-0.2, -0.15) is 0 Å². The van der Waals surface area contributed by atoms with Gasteiger partial charge in [0.2, 0.25) is 0 Å². The molecule has 0 saturated heterocycles. The molecule has 0 spiro atoms. The van der Waals surface area contributed by atoms with Gasteiger partial charge in [0.15, 0.2) is 0 Å². The van der Waals surface area contributed by atoms with E-state index in [9.17, 15) is 0 Å². The van der Waals surface area contributed by atoms with Crippen molar-refractivity contribution in [3.8, 4) is 0 Å². The van der Waals surface area contributed by atoms with E-state index < -0.39 is 0 Å². The summed E-state index contributed by atoms with van der Waals surface area (Å²) in [5, 5.41) is 0. The zero-order chi connectivity index (χ0) is 20.9. The lowest BCUT2D eigenvalue weighted by Crippen LogP contribution is -1.98. The number of benzene rings is 1. The highest BCUT2D eigenvalue weighted by Crippen LogP contribution is 2.26. The van der Waals surface area contributed by atoms with Gasteiger partial charge in [0.05, 0.1) is 5.70 Å². The first-order valence-corrected chi connectivity index (χ1v) is 11.3. The van der Waals surface area contributed by atoms with E-state index in [2.05, 4.69) is 84.9 Å². The first kappa shape index (κ1) is 24.4. The van der Waals surface area contributed by atoms with Crippen molar-refractivity contribution in [1.29, 1.82) is 0 Å². The summed E-state index contributed by atoms with van der Waals surface area (Å²) in [5.74, 6) is 1.33. The van der Waals surface area contributed by atoms with Gasteiger partial charge in [-0.1, -0.05) is 83.4 Å². The second-order valence-electron chi connectivity index (χ2n) is 8.59. The highest BCUT2D eigenvalue weighted by molar-refractivity contribution is 5.83. The molecule has 0 amide bonds. The Kier molecular flexibility index (Phi) is 11.8. The summed E-state index contributed by atoms with van der Waals surface area (Å²) < 4.78 is 0. The molecule has 0 aliphatic rings. The summed E-state index contributed by atoms with van der Waals surface area (Å²) in [7, 11) is 0. The number of rotatable bonds is 12. The Balaban J connectivity index is 2.85. The van der Waals surface area contributed by atoms with Gasteiger partial charge in [0, 0.05) is 5.71 Å². The maximum Gasteiger partial charge on any atom is 0.0617 e. The van der Waals surface area contributed by atoms with E-state index in [-0.39, 0.29) is 0 Å². The monoisotopic (exact) mass is 381 g/mol. The highest BCUT2D eigenvalue weighted by Gasteiger charge is 2.09. The van der Waals surface area contributed by atoms with Crippen LogP contribution in [0.15, 0.2) is 52.7 Å². The Morgan fingerprint density at radius 3 is 2.39 bits per heavy atom. The zero-order valence-corrected chi connectivity index (χ0v) is 19.5. The Morgan fingerprint density at radius 1 is 1.07 bits per heavy atom. The quantitative estimate of drug-likeness (QED) is 0.195. The second-order valence-corrected chi connectivity index (χ2v) is 8.59. The topological polar surface area (TPSA) is 12.4 Å². The molecule has 1 aromatic carbocycles. The lowest BCUT2D eigenvalue weighted by atomic mass is 9.92. The maximum absolute atomic E-state index is 4.99. The predicted octanol–water partition coefficient (Wildman–Crippen LogP) is 8.80. The molecule has 0 bridgehead atoms. The third-order valence-electron chi connectivity index (χ3n) is 5.61. The van der Waals surface area contributed by atoms with Crippen LogP contribution in [-0.4, -0.2) is 5.71 Å². The fourth-order valence-electron chi connectivity index (χ4n) is 3.55. The van der Waals surface area contributed by atoms with Crippen LogP contribution in [0.25, 0.3) is 0 Å². The molecule has 156 valence electrons. The Hall–Kier alpha value is -1.63. The Labute approximate surface area is 175 Å². The van der Waals surface area contributed by atoms with E-state index in [0.29, 0.717) is 5.92 Å². The van der Waals surface area contributed by atoms with Crippen LogP contribution in [0.4, 0.5) is 0 Å². The van der Waals surface area contributed by atoms with Crippen molar-refractivity contribution in [3.63, 3.8) is 0 Å². The van der Waals surface area contributed by atoms with E-state index in [0.717, 1.165) is 25.2 Å². The van der Waals surface area contributed by atoms with E-state index in [1.165, 1.54) is 53.8 Å². The largest absolute Gasteiger partial charge is 0.258 e. The third-order valence-corrected chi connectivity index (χ3v) is 5.61. The summed E-state index contributed by atoms with van der Waals surface area (Å²) in [6.07, 6.45) is 13.1. The van der Waals surface area contributed by atoms with Crippen LogP contribution < -0.4 is 0 Å². The molecule has 28 heavy (non-hydrogen) atoms. The normalized spacial score (nSPS) is 14.6. The summed E-state index contributed by atoms with van der Waals surface area (Å²) in [6.45, 7) is 15.7. The summed E-state index contributed by atoms with van der Waals surface area (Å²) in [5.41, 5.74) is 6.66. The molecule has 1 unspecified atom stereocenters. The minimum Gasteiger partial charge on any atom is -0.258 e. The number of nitrogens with zero attached hydrogens (tertiary/aromatic N) is 1. The minimum absolute atomic E-state index is 0.512. The fourth-order valence-corrected chi connectivity index (χ4v) is 3.55. The van der Waals surface area contributed by atoms with Gasteiger partial charge in [-0.25, -0.2) is 0 Å². The van der Waals surface area contributed by atoms with Crippen LogP contribution in [-0.2, 0) is 0 Å². The van der Waals surface area contributed by atoms with Crippen LogP contribution in [0.1, 0.15) is 104 Å². The second kappa shape index (κ2) is 13.5. The smallest absolute Gasteiger partial charge is 0.0617 e. The minimum atomic E-state index is 0.512. The average Bonchev–Trinajstić information content (AvgIpc) is 2.67. The number of allylic oxidation sites excluding steroid dienone is 3.